The largest absolute Gasteiger partial charge is 0.497 e. The molecule has 122 valence electrons. The van der Waals surface area contributed by atoms with Crippen LogP contribution in [0.1, 0.15) is 12.0 Å². The summed E-state index contributed by atoms with van der Waals surface area (Å²) >= 11 is 0. The summed E-state index contributed by atoms with van der Waals surface area (Å²) < 4.78 is 5.22. The first kappa shape index (κ1) is 16.0. The van der Waals surface area contributed by atoms with Gasteiger partial charge in [0.05, 0.1) is 7.11 Å². The lowest BCUT2D eigenvalue weighted by atomic mass is 10.0. The zero-order valence-corrected chi connectivity index (χ0v) is 14.2. The van der Waals surface area contributed by atoms with Gasteiger partial charge >= 0.3 is 0 Å². The summed E-state index contributed by atoms with van der Waals surface area (Å²) in [5.41, 5.74) is 3.88. The van der Waals surface area contributed by atoms with Crippen molar-refractivity contribution in [2.75, 3.05) is 40.3 Å². The fourth-order valence-electron chi connectivity index (χ4n) is 3.10. The topological polar surface area (TPSA) is 15.7 Å². The van der Waals surface area contributed by atoms with Gasteiger partial charge in [-0.3, -0.25) is 4.90 Å². The Labute approximate surface area is 139 Å². The number of hydrogen-bond acceptors (Lipinski definition) is 3. The zero-order valence-electron chi connectivity index (χ0n) is 14.2. The number of nitrogens with zero attached hydrogens (tertiary/aromatic N) is 2. The van der Waals surface area contributed by atoms with Crippen LogP contribution in [0.2, 0.25) is 0 Å². The van der Waals surface area contributed by atoms with Gasteiger partial charge < -0.3 is 9.64 Å². The molecular weight excluding hydrogens is 284 g/mol. The van der Waals surface area contributed by atoms with Crippen molar-refractivity contribution in [3.63, 3.8) is 0 Å². The summed E-state index contributed by atoms with van der Waals surface area (Å²) in [4.78, 5) is 4.98. The normalized spacial score (nSPS) is 17.0. The fraction of sp³-hybridized carbons (Fsp3) is 0.400. The van der Waals surface area contributed by atoms with Crippen LogP contribution < -0.4 is 4.74 Å². The van der Waals surface area contributed by atoms with Crippen molar-refractivity contribution in [1.82, 2.24) is 9.80 Å². The molecule has 3 rings (SSSR count). The van der Waals surface area contributed by atoms with Gasteiger partial charge in [0.15, 0.2) is 0 Å². The van der Waals surface area contributed by atoms with E-state index in [1.165, 1.54) is 42.7 Å². The molecule has 3 heteroatoms. The summed E-state index contributed by atoms with van der Waals surface area (Å²) in [5.74, 6) is 0.900. The Morgan fingerprint density at radius 3 is 2.13 bits per heavy atom. The van der Waals surface area contributed by atoms with Gasteiger partial charge in [-0.2, -0.15) is 0 Å². The van der Waals surface area contributed by atoms with Gasteiger partial charge in [0.25, 0.3) is 0 Å². The van der Waals surface area contributed by atoms with Gasteiger partial charge in [-0.1, -0.05) is 36.4 Å². The molecular formula is C20H26N2O. The molecule has 23 heavy (non-hydrogen) atoms. The number of likely N-dealkylation sites (N-methyl/N-ethyl adjacent to an activating group) is 1. The Balaban J connectivity index is 1.64. The molecule has 1 aliphatic rings. The minimum absolute atomic E-state index is 0.900. The first-order valence-electron chi connectivity index (χ1n) is 8.39. The summed E-state index contributed by atoms with van der Waals surface area (Å²) in [6.07, 6.45) is 1.26. The molecule has 0 N–H and O–H groups in total. The van der Waals surface area contributed by atoms with E-state index in [2.05, 4.69) is 53.2 Å². The second kappa shape index (κ2) is 7.62. The first-order valence-corrected chi connectivity index (χ1v) is 8.39. The molecule has 0 amide bonds. The van der Waals surface area contributed by atoms with Crippen LogP contribution in [0, 0.1) is 0 Å². The maximum absolute atomic E-state index is 5.22. The van der Waals surface area contributed by atoms with Gasteiger partial charge in [0, 0.05) is 19.6 Å². The van der Waals surface area contributed by atoms with E-state index in [0.717, 1.165) is 18.8 Å². The molecule has 1 heterocycles. The summed E-state index contributed by atoms with van der Waals surface area (Å²) in [6, 6.07) is 17.2. The molecule has 2 aromatic rings. The van der Waals surface area contributed by atoms with Crippen LogP contribution in [0.25, 0.3) is 11.1 Å². The highest BCUT2D eigenvalue weighted by molar-refractivity contribution is 5.64. The SMILES string of the molecule is COc1ccc(-c2ccc(CN3CCCN(C)CC3)cc2)cc1. The van der Waals surface area contributed by atoms with Crippen molar-refractivity contribution in [2.45, 2.75) is 13.0 Å². The molecule has 1 fully saturated rings. The molecule has 2 aromatic carbocycles. The van der Waals surface area contributed by atoms with E-state index >= 15 is 0 Å². The number of benzene rings is 2. The molecule has 1 saturated heterocycles. The van der Waals surface area contributed by atoms with E-state index in [1.54, 1.807) is 7.11 Å². The predicted molar refractivity (Wildman–Crippen MR) is 95.8 cm³/mol. The molecule has 0 saturated carbocycles. The average Bonchev–Trinajstić information content (AvgIpc) is 2.80. The molecule has 0 unspecified atom stereocenters. The highest BCUT2D eigenvalue weighted by atomic mass is 16.5. The zero-order chi connectivity index (χ0) is 16.1. The fourth-order valence-corrected chi connectivity index (χ4v) is 3.10. The van der Waals surface area contributed by atoms with E-state index in [1.807, 2.05) is 12.1 Å². The summed E-state index contributed by atoms with van der Waals surface area (Å²) in [6.45, 7) is 5.80. The number of methoxy groups -OCH3 is 1. The van der Waals surface area contributed by atoms with Crippen molar-refractivity contribution >= 4 is 0 Å². The van der Waals surface area contributed by atoms with Crippen LogP contribution in [-0.2, 0) is 6.54 Å². The second-order valence-electron chi connectivity index (χ2n) is 6.36. The number of rotatable bonds is 4. The minimum atomic E-state index is 0.900. The van der Waals surface area contributed by atoms with Crippen LogP contribution in [0.15, 0.2) is 48.5 Å². The highest BCUT2D eigenvalue weighted by Crippen LogP contribution is 2.23. The van der Waals surface area contributed by atoms with E-state index in [-0.39, 0.29) is 0 Å². The lowest BCUT2D eigenvalue weighted by Gasteiger charge is -2.20. The molecule has 3 nitrogen and oxygen atoms in total. The lowest BCUT2D eigenvalue weighted by Crippen LogP contribution is -2.28. The van der Waals surface area contributed by atoms with E-state index in [0.29, 0.717) is 0 Å². The van der Waals surface area contributed by atoms with Gasteiger partial charge in [-0.05, 0) is 55.4 Å². The summed E-state index contributed by atoms with van der Waals surface area (Å²) in [5, 5.41) is 0. The standard InChI is InChI=1S/C20H26N2O/c1-21-12-3-13-22(15-14-21)16-17-4-6-18(7-5-17)19-8-10-20(23-2)11-9-19/h4-11H,3,12-16H2,1-2H3. The predicted octanol–water partition coefficient (Wildman–Crippen LogP) is 3.50. The molecule has 0 spiro atoms. The van der Waals surface area contributed by atoms with Crippen molar-refractivity contribution in [1.29, 1.82) is 0 Å². The van der Waals surface area contributed by atoms with Crippen LogP contribution in [-0.4, -0.2) is 50.1 Å². The highest BCUT2D eigenvalue weighted by Gasteiger charge is 2.12. The van der Waals surface area contributed by atoms with Crippen LogP contribution in [0.5, 0.6) is 5.75 Å². The Morgan fingerprint density at radius 2 is 1.48 bits per heavy atom. The Morgan fingerprint density at radius 1 is 0.826 bits per heavy atom. The third kappa shape index (κ3) is 4.34. The van der Waals surface area contributed by atoms with Gasteiger partial charge in [-0.25, -0.2) is 0 Å². The van der Waals surface area contributed by atoms with Crippen molar-refractivity contribution in [3.05, 3.63) is 54.1 Å². The van der Waals surface area contributed by atoms with E-state index in [9.17, 15) is 0 Å². The molecule has 0 radical (unpaired) electrons. The van der Waals surface area contributed by atoms with Crippen molar-refractivity contribution in [3.8, 4) is 16.9 Å². The van der Waals surface area contributed by atoms with Crippen LogP contribution >= 0.6 is 0 Å². The van der Waals surface area contributed by atoms with Crippen molar-refractivity contribution in [2.24, 2.45) is 0 Å². The molecule has 0 aliphatic carbocycles. The van der Waals surface area contributed by atoms with Crippen molar-refractivity contribution < 1.29 is 4.74 Å². The Kier molecular flexibility index (Phi) is 5.31. The first-order chi connectivity index (χ1) is 11.2. The quantitative estimate of drug-likeness (QED) is 0.859. The number of hydrogen-bond donors (Lipinski definition) is 0. The Bertz CT molecular complexity index is 607. The monoisotopic (exact) mass is 310 g/mol. The van der Waals surface area contributed by atoms with Gasteiger partial charge in [0.2, 0.25) is 0 Å². The van der Waals surface area contributed by atoms with Gasteiger partial charge in [0.1, 0.15) is 5.75 Å². The molecule has 0 bridgehead atoms. The third-order valence-electron chi connectivity index (χ3n) is 4.60. The molecule has 0 aromatic heterocycles. The Hall–Kier alpha value is -1.84. The van der Waals surface area contributed by atoms with Crippen LogP contribution in [0.3, 0.4) is 0 Å². The van der Waals surface area contributed by atoms with E-state index < -0.39 is 0 Å². The average molecular weight is 310 g/mol. The molecule has 0 atom stereocenters. The second-order valence-corrected chi connectivity index (χ2v) is 6.36. The smallest absolute Gasteiger partial charge is 0.118 e. The van der Waals surface area contributed by atoms with Crippen LogP contribution in [0.4, 0.5) is 0 Å². The van der Waals surface area contributed by atoms with Gasteiger partial charge in [-0.15, -0.1) is 0 Å². The maximum Gasteiger partial charge on any atom is 0.118 e. The third-order valence-corrected chi connectivity index (χ3v) is 4.60. The number of ether oxygens (including phenoxy) is 1. The van der Waals surface area contributed by atoms with E-state index in [4.69, 9.17) is 4.74 Å². The summed E-state index contributed by atoms with van der Waals surface area (Å²) in [7, 11) is 3.91. The minimum Gasteiger partial charge on any atom is -0.497 e. The maximum atomic E-state index is 5.22. The molecule has 1 aliphatic heterocycles. The lowest BCUT2D eigenvalue weighted by molar-refractivity contribution is 0.269.